The van der Waals surface area contributed by atoms with E-state index in [0.717, 1.165) is 22.4 Å². The van der Waals surface area contributed by atoms with E-state index in [1.807, 2.05) is 30.3 Å². The number of Topliss-reactive ketones (excluding diaryl/α,β-unsaturated/α-hetero) is 1. The molecule has 0 saturated carbocycles. The average molecular weight is 251 g/mol. The molecule has 2 heterocycles. The second kappa shape index (κ2) is 4.74. The Kier molecular flexibility index (Phi) is 2.93. The molecule has 0 fully saturated rings. The Morgan fingerprint density at radius 3 is 2.79 bits per heavy atom. The molecular weight excluding hydrogens is 238 g/mol. The van der Waals surface area contributed by atoms with Crippen molar-refractivity contribution in [2.24, 2.45) is 10.7 Å². The molecule has 94 valence electrons. The molecule has 4 nitrogen and oxygen atoms in total. The lowest BCUT2D eigenvalue weighted by molar-refractivity contribution is 0.1000. The van der Waals surface area contributed by atoms with E-state index in [-0.39, 0.29) is 12.3 Å². The summed E-state index contributed by atoms with van der Waals surface area (Å²) in [6.07, 6.45) is 3.53. The minimum Gasteiger partial charge on any atom is -0.325 e. The van der Waals surface area contributed by atoms with E-state index in [4.69, 9.17) is 5.73 Å². The lowest BCUT2D eigenvalue weighted by Gasteiger charge is -2.16. The molecule has 1 aliphatic heterocycles. The zero-order valence-corrected chi connectivity index (χ0v) is 10.3. The molecule has 4 heteroatoms. The Morgan fingerprint density at radius 2 is 2.05 bits per heavy atom. The maximum Gasteiger partial charge on any atom is 0.184 e. The van der Waals surface area contributed by atoms with Gasteiger partial charge in [0.05, 0.1) is 5.71 Å². The molecule has 0 aliphatic carbocycles. The van der Waals surface area contributed by atoms with Crippen molar-refractivity contribution in [3.63, 3.8) is 0 Å². The van der Waals surface area contributed by atoms with Crippen molar-refractivity contribution in [2.75, 3.05) is 13.1 Å². The number of rotatable bonds is 2. The summed E-state index contributed by atoms with van der Waals surface area (Å²) in [6, 6.07) is 9.63. The standard InChI is InChI=1S/C15H13N3O/c16-7-14-13-6-10(11-2-1-5-17-8-11)3-4-12(13)15(19)9-18-14/h1-6,8H,7,9,16H2. The fourth-order valence-corrected chi connectivity index (χ4v) is 2.25. The molecule has 0 unspecified atom stereocenters. The van der Waals surface area contributed by atoms with Gasteiger partial charge in [-0.2, -0.15) is 0 Å². The SMILES string of the molecule is NCC1=NCC(=O)c2ccc(-c3cccnc3)cc21. The highest BCUT2D eigenvalue weighted by Gasteiger charge is 2.20. The van der Waals surface area contributed by atoms with Crippen LogP contribution in [-0.4, -0.2) is 29.6 Å². The van der Waals surface area contributed by atoms with Crippen molar-refractivity contribution < 1.29 is 4.79 Å². The number of aliphatic imine (C=N–C) groups is 1. The van der Waals surface area contributed by atoms with Crippen LogP contribution in [0, 0.1) is 0 Å². The van der Waals surface area contributed by atoms with Gasteiger partial charge in [-0.05, 0) is 17.7 Å². The van der Waals surface area contributed by atoms with Crippen LogP contribution in [0.2, 0.25) is 0 Å². The number of nitrogens with two attached hydrogens (primary N) is 1. The molecule has 0 spiro atoms. The predicted octanol–water partition coefficient (Wildman–Crippen LogP) is 1.69. The van der Waals surface area contributed by atoms with E-state index in [0.29, 0.717) is 12.1 Å². The summed E-state index contributed by atoms with van der Waals surface area (Å²) in [5, 5.41) is 0. The van der Waals surface area contributed by atoms with Gasteiger partial charge in [0.2, 0.25) is 0 Å². The van der Waals surface area contributed by atoms with Gasteiger partial charge in [0.25, 0.3) is 0 Å². The summed E-state index contributed by atoms with van der Waals surface area (Å²) >= 11 is 0. The highest BCUT2D eigenvalue weighted by Crippen LogP contribution is 2.24. The van der Waals surface area contributed by atoms with Crippen LogP contribution in [0.4, 0.5) is 0 Å². The number of carbonyl (C=O) groups excluding carboxylic acids is 1. The highest BCUT2D eigenvalue weighted by atomic mass is 16.1. The van der Waals surface area contributed by atoms with Crippen LogP contribution in [0.15, 0.2) is 47.7 Å². The molecule has 0 saturated heterocycles. The monoisotopic (exact) mass is 251 g/mol. The second-order valence-corrected chi connectivity index (χ2v) is 4.39. The summed E-state index contributed by atoms with van der Waals surface area (Å²) in [5.74, 6) is 0.0462. The highest BCUT2D eigenvalue weighted by molar-refractivity contribution is 6.16. The van der Waals surface area contributed by atoms with Crippen molar-refractivity contribution in [3.05, 3.63) is 53.9 Å². The first kappa shape index (κ1) is 11.7. The van der Waals surface area contributed by atoms with Crippen molar-refractivity contribution in [2.45, 2.75) is 0 Å². The zero-order chi connectivity index (χ0) is 13.2. The quantitative estimate of drug-likeness (QED) is 0.883. The lowest BCUT2D eigenvalue weighted by Crippen LogP contribution is -2.24. The normalized spacial score (nSPS) is 13.9. The number of benzene rings is 1. The van der Waals surface area contributed by atoms with Crippen LogP contribution >= 0.6 is 0 Å². The number of fused-ring (bicyclic) bond motifs is 1. The lowest BCUT2D eigenvalue weighted by atomic mass is 9.93. The Labute approximate surface area is 111 Å². The summed E-state index contributed by atoms with van der Waals surface area (Å²) < 4.78 is 0. The van der Waals surface area contributed by atoms with Crippen molar-refractivity contribution >= 4 is 11.5 Å². The van der Waals surface area contributed by atoms with E-state index in [1.165, 1.54) is 0 Å². The van der Waals surface area contributed by atoms with Gasteiger partial charge in [0.1, 0.15) is 6.54 Å². The predicted molar refractivity (Wildman–Crippen MR) is 74.5 cm³/mol. The van der Waals surface area contributed by atoms with E-state index in [2.05, 4.69) is 9.98 Å². The molecule has 1 aromatic heterocycles. The maximum atomic E-state index is 11.8. The van der Waals surface area contributed by atoms with Crippen LogP contribution in [-0.2, 0) is 0 Å². The second-order valence-electron chi connectivity index (χ2n) is 4.39. The van der Waals surface area contributed by atoms with E-state index in [1.54, 1.807) is 12.4 Å². The number of hydrogen-bond donors (Lipinski definition) is 1. The smallest absolute Gasteiger partial charge is 0.184 e. The topological polar surface area (TPSA) is 68.3 Å². The molecule has 1 aliphatic rings. The Hall–Kier alpha value is -2.33. The first-order valence-electron chi connectivity index (χ1n) is 6.11. The molecule has 0 radical (unpaired) electrons. The molecule has 0 atom stereocenters. The molecule has 0 bridgehead atoms. The van der Waals surface area contributed by atoms with Crippen LogP contribution in [0.25, 0.3) is 11.1 Å². The number of nitrogens with zero attached hydrogens (tertiary/aromatic N) is 2. The number of hydrogen-bond acceptors (Lipinski definition) is 4. The van der Waals surface area contributed by atoms with Gasteiger partial charge < -0.3 is 5.73 Å². The number of pyridine rings is 1. The third kappa shape index (κ3) is 2.06. The third-order valence-corrected chi connectivity index (χ3v) is 3.23. The van der Waals surface area contributed by atoms with Gasteiger partial charge in [0.15, 0.2) is 5.78 Å². The fourth-order valence-electron chi connectivity index (χ4n) is 2.25. The van der Waals surface area contributed by atoms with Gasteiger partial charge in [0, 0.05) is 35.6 Å². The Bertz CT molecular complexity index is 662. The first-order chi connectivity index (χ1) is 9.29. The van der Waals surface area contributed by atoms with Crippen LogP contribution in [0.5, 0.6) is 0 Å². The van der Waals surface area contributed by atoms with Crippen LogP contribution < -0.4 is 5.73 Å². The van der Waals surface area contributed by atoms with Gasteiger partial charge in [-0.15, -0.1) is 0 Å². The number of aromatic nitrogens is 1. The Balaban J connectivity index is 2.14. The van der Waals surface area contributed by atoms with Gasteiger partial charge in [-0.1, -0.05) is 18.2 Å². The van der Waals surface area contributed by atoms with Gasteiger partial charge in [-0.25, -0.2) is 0 Å². The summed E-state index contributed by atoms with van der Waals surface area (Å²) in [5.41, 5.74) is 10.1. The fraction of sp³-hybridized carbons (Fsp3) is 0.133. The Morgan fingerprint density at radius 1 is 1.16 bits per heavy atom. The maximum absolute atomic E-state index is 11.8. The molecular formula is C15H13N3O. The molecule has 0 amide bonds. The minimum atomic E-state index is 0.0462. The van der Waals surface area contributed by atoms with Crippen molar-refractivity contribution in [3.8, 4) is 11.1 Å². The molecule has 2 aromatic rings. The molecule has 19 heavy (non-hydrogen) atoms. The van der Waals surface area contributed by atoms with Crippen LogP contribution in [0.1, 0.15) is 15.9 Å². The summed E-state index contributed by atoms with van der Waals surface area (Å²) in [6.45, 7) is 0.544. The van der Waals surface area contributed by atoms with Crippen molar-refractivity contribution in [1.29, 1.82) is 0 Å². The van der Waals surface area contributed by atoms with Crippen LogP contribution in [0.3, 0.4) is 0 Å². The largest absolute Gasteiger partial charge is 0.325 e. The number of carbonyl (C=O) groups is 1. The van der Waals surface area contributed by atoms with E-state index < -0.39 is 0 Å². The third-order valence-electron chi connectivity index (χ3n) is 3.23. The van der Waals surface area contributed by atoms with E-state index >= 15 is 0 Å². The summed E-state index contributed by atoms with van der Waals surface area (Å²) in [4.78, 5) is 20.2. The van der Waals surface area contributed by atoms with Gasteiger partial charge in [-0.3, -0.25) is 14.8 Å². The number of ketones is 1. The van der Waals surface area contributed by atoms with Crippen molar-refractivity contribution in [1.82, 2.24) is 4.98 Å². The van der Waals surface area contributed by atoms with E-state index in [9.17, 15) is 4.79 Å². The zero-order valence-electron chi connectivity index (χ0n) is 10.3. The summed E-state index contributed by atoms with van der Waals surface area (Å²) in [7, 11) is 0. The van der Waals surface area contributed by atoms with Gasteiger partial charge >= 0.3 is 0 Å². The average Bonchev–Trinajstić information content (AvgIpc) is 2.48. The first-order valence-corrected chi connectivity index (χ1v) is 6.11. The minimum absolute atomic E-state index is 0.0462. The molecule has 2 N–H and O–H groups in total. The molecule has 1 aromatic carbocycles. The molecule has 3 rings (SSSR count).